The number of benzene rings is 1. The van der Waals surface area contributed by atoms with Gasteiger partial charge in [-0.2, -0.15) is 0 Å². The molecule has 0 radical (unpaired) electrons. The van der Waals surface area contributed by atoms with Crippen molar-refractivity contribution >= 4 is 40.6 Å². The van der Waals surface area contributed by atoms with Crippen LogP contribution in [0.2, 0.25) is 5.02 Å². The van der Waals surface area contributed by atoms with Gasteiger partial charge in [-0.05, 0) is 35.2 Å². The van der Waals surface area contributed by atoms with Gasteiger partial charge in [-0.3, -0.25) is 0 Å². The molecule has 1 aromatic carbocycles. The lowest BCUT2D eigenvalue weighted by molar-refractivity contribution is -0.130. The predicted octanol–water partition coefficient (Wildman–Crippen LogP) is 3.74. The highest BCUT2D eigenvalue weighted by Gasteiger charge is 2.13. The summed E-state index contributed by atoms with van der Waals surface area (Å²) in [6.45, 7) is 0. The van der Waals surface area contributed by atoms with Gasteiger partial charge in [0.05, 0.1) is 17.7 Å². The van der Waals surface area contributed by atoms with E-state index < -0.39 is 5.97 Å². The zero-order valence-electron chi connectivity index (χ0n) is 10.5. The fourth-order valence-electron chi connectivity index (χ4n) is 1.67. The molecule has 2 aromatic rings. The Morgan fingerprint density at radius 3 is 2.75 bits per heavy atom. The van der Waals surface area contributed by atoms with E-state index in [1.165, 1.54) is 36.7 Å². The number of rotatable bonds is 4. The molecule has 104 valence electrons. The SMILES string of the molecule is COc1cc(/C=C(\C(=O)O)c2cccs2)cc(Cl)c1O. The Hall–Kier alpha value is -1.98. The van der Waals surface area contributed by atoms with Gasteiger partial charge in [0.1, 0.15) is 0 Å². The van der Waals surface area contributed by atoms with Gasteiger partial charge in [-0.15, -0.1) is 11.3 Å². The number of halogens is 1. The van der Waals surface area contributed by atoms with Crippen molar-refractivity contribution in [2.24, 2.45) is 0 Å². The molecule has 0 aliphatic heterocycles. The lowest BCUT2D eigenvalue weighted by atomic mass is 10.1. The highest BCUT2D eigenvalue weighted by molar-refractivity contribution is 7.11. The molecular formula is C14H11ClO4S. The molecule has 0 saturated heterocycles. The van der Waals surface area contributed by atoms with E-state index in [4.69, 9.17) is 16.3 Å². The summed E-state index contributed by atoms with van der Waals surface area (Å²) < 4.78 is 4.99. The van der Waals surface area contributed by atoms with Gasteiger partial charge in [0.2, 0.25) is 0 Å². The van der Waals surface area contributed by atoms with Gasteiger partial charge in [0, 0.05) is 4.88 Å². The summed E-state index contributed by atoms with van der Waals surface area (Å²) in [5.41, 5.74) is 0.694. The summed E-state index contributed by atoms with van der Waals surface area (Å²) in [4.78, 5) is 12.0. The van der Waals surface area contributed by atoms with Gasteiger partial charge in [-0.1, -0.05) is 17.7 Å². The number of carboxylic acid groups (broad SMARTS) is 1. The zero-order chi connectivity index (χ0) is 14.7. The highest BCUT2D eigenvalue weighted by atomic mass is 35.5. The smallest absolute Gasteiger partial charge is 0.337 e. The topological polar surface area (TPSA) is 66.8 Å². The third-order valence-corrected chi connectivity index (χ3v) is 3.79. The third-order valence-electron chi connectivity index (χ3n) is 2.60. The number of methoxy groups -OCH3 is 1. The van der Waals surface area contributed by atoms with Crippen molar-refractivity contribution in [2.45, 2.75) is 0 Å². The molecule has 0 amide bonds. The maximum absolute atomic E-state index is 11.3. The maximum atomic E-state index is 11.3. The van der Waals surface area contributed by atoms with Crippen molar-refractivity contribution in [2.75, 3.05) is 7.11 Å². The summed E-state index contributed by atoms with van der Waals surface area (Å²) in [6, 6.07) is 6.51. The van der Waals surface area contributed by atoms with Gasteiger partial charge < -0.3 is 14.9 Å². The van der Waals surface area contributed by atoms with Crippen molar-refractivity contribution in [3.63, 3.8) is 0 Å². The second-order valence-electron chi connectivity index (χ2n) is 3.89. The molecule has 20 heavy (non-hydrogen) atoms. The van der Waals surface area contributed by atoms with E-state index in [0.29, 0.717) is 10.4 Å². The van der Waals surface area contributed by atoms with Crippen LogP contribution in [0.25, 0.3) is 11.6 Å². The Bertz CT molecular complexity index is 662. The predicted molar refractivity (Wildman–Crippen MR) is 79.5 cm³/mol. The molecule has 0 spiro atoms. The molecule has 0 bridgehead atoms. The lowest BCUT2D eigenvalue weighted by Gasteiger charge is -2.07. The first-order valence-corrected chi connectivity index (χ1v) is 6.84. The fraction of sp³-hybridized carbons (Fsp3) is 0.0714. The van der Waals surface area contributed by atoms with Crippen molar-refractivity contribution in [3.8, 4) is 11.5 Å². The molecule has 1 heterocycles. The van der Waals surface area contributed by atoms with E-state index in [0.717, 1.165) is 0 Å². The number of aromatic hydroxyl groups is 1. The van der Waals surface area contributed by atoms with Crippen LogP contribution in [0.1, 0.15) is 10.4 Å². The van der Waals surface area contributed by atoms with E-state index in [1.807, 2.05) is 0 Å². The molecule has 0 aliphatic rings. The number of carboxylic acids is 1. The molecule has 1 aromatic heterocycles. The molecule has 4 nitrogen and oxygen atoms in total. The Kier molecular flexibility index (Phi) is 4.32. The van der Waals surface area contributed by atoms with Crippen LogP contribution in [0.5, 0.6) is 11.5 Å². The average Bonchev–Trinajstić information content (AvgIpc) is 2.93. The van der Waals surface area contributed by atoms with E-state index in [9.17, 15) is 15.0 Å². The zero-order valence-corrected chi connectivity index (χ0v) is 12.0. The molecule has 0 saturated carbocycles. The number of hydrogen-bond acceptors (Lipinski definition) is 4. The molecule has 0 atom stereocenters. The average molecular weight is 311 g/mol. The number of aliphatic carboxylic acids is 1. The Morgan fingerprint density at radius 2 is 2.20 bits per heavy atom. The van der Waals surface area contributed by atoms with Crippen molar-refractivity contribution in [1.29, 1.82) is 0 Å². The summed E-state index contributed by atoms with van der Waals surface area (Å²) in [5, 5.41) is 20.8. The second-order valence-corrected chi connectivity index (χ2v) is 5.25. The second kappa shape index (κ2) is 5.98. The number of hydrogen-bond donors (Lipinski definition) is 2. The Morgan fingerprint density at radius 1 is 1.45 bits per heavy atom. The number of carbonyl (C=O) groups is 1. The normalized spacial score (nSPS) is 11.4. The van der Waals surface area contributed by atoms with Crippen LogP contribution in [-0.4, -0.2) is 23.3 Å². The molecular weight excluding hydrogens is 300 g/mol. The monoisotopic (exact) mass is 310 g/mol. The molecule has 0 unspecified atom stereocenters. The molecule has 2 N–H and O–H groups in total. The van der Waals surface area contributed by atoms with E-state index >= 15 is 0 Å². The number of thiophene rings is 1. The maximum Gasteiger partial charge on any atom is 0.337 e. The van der Waals surface area contributed by atoms with Crippen LogP contribution in [0, 0.1) is 0 Å². The first-order valence-electron chi connectivity index (χ1n) is 5.58. The van der Waals surface area contributed by atoms with Crippen molar-refractivity contribution < 1.29 is 19.7 Å². The van der Waals surface area contributed by atoms with Gasteiger partial charge in [0.25, 0.3) is 0 Å². The minimum atomic E-state index is -1.03. The quantitative estimate of drug-likeness (QED) is 0.844. The number of ether oxygens (including phenoxy) is 1. The van der Waals surface area contributed by atoms with E-state index in [1.54, 1.807) is 17.5 Å². The molecule has 0 aliphatic carbocycles. The molecule has 6 heteroatoms. The first kappa shape index (κ1) is 14.4. The van der Waals surface area contributed by atoms with Gasteiger partial charge in [-0.25, -0.2) is 4.79 Å². The largest absolute Gasteiger partial charge is 0.503 e. The van der Waals surface area contributed by atoms with Crippen LogP contribution < -0.4 is 4.74 Å². The standard InChI is InChI=1S/C14H11ClO4S/c1-19-11-7-8(6-10(15)13(11)16)5-9(14(17)18)12-3-2-4-20-12/h2-7,16H,1H3,(H,17,18)/b9-5-. The number of phenolic OH excluding ortho intramolecular Hbond substituents is 1. The molecule has 0 fully saturated rings. The first-order chi connectivity index (χ1) is 9.52. The third kappa shape index (κ3) is 2.95. The van der Waals surface area contributed by atoms with Crippen LogP contribution >= 0.6 is 22.9 Å². The van der Waals surface area contributed by atoms with E-state index in [2.05, 4.69) is 0 Å². The Balaban J connectivity index is 2.52. The highest BCUT2D eigenvalue weighted by Crippen LogP contribution is 2.36. The van der Waals surface area contributed by atoms with Crippen LogP contribution in [0.3, 0.4) is 0 Å². The Labute approximate surface area is 124 Å². The summed E-state index contributed by atoms with van der Waals surface area (Å²) in [5.74, 6) is -1.01. The van der Waals surface area contributed by atoms with Crippen LogP contribution in [0.4, 0.5) is 0 Å². The fourth-order valence-corrected chi connectivity index (χ4v) is 2.62. The number of phenols is 1. The van der Waals surface area contributed by atoms with Crippen molar-refractivity contribution in [1.82, 2.24) is 0 Å². The summed E-state index contributed by atoms with van der Waals surface area (Å²) in [7, 11) is 1.40. The van der Waals surface area contributed by atoms with Crippen LogP contribution in [-0.2, 0) is 4.79 Å². The minimum absolute atomic E-state index is 0.103. The minimum Gasteiger partial charge on any atom is -0.503 e. The van der Waals surface area contributed by atoms with Crippen LogP contribution in [0.15, 0.2) is 29.6 Å². The van der Waals surface area contributed by atoms with E-state index in [-0.39, 0.29) is 22.1 Å². The summed E-state index contributed by atoms with van der Waals surface area (Å²) >= 11 is 7.21. The molecule has 2 rings (SSSR count). The van der Waals surface area contributed by atoms with Gasteiger partial charge in [0.15, 0.2) is 11.5 Å². The van der Waals surface area contributed by atoms with Gasteiger partial charge >= 0.3 is 5.97 Å². The van der Waals surface area contributed by atoms with Crippen molar-refractivity contribution in [3.05, 3.63) is 45.1 Å². The lowest BCUT2D eigenvalue weighted by Crippen LogP contribution is -1.97. The summed E-state index contributed by atoms with van der Waals surface area (Å²) in [6.07, 6.45) is 1.49.